The molecule has 0 rings (SSSR count). The summed E-state index contributed by atoms with van der Waals surface area (Å²) in [6, 6.07) is 0. The molecule has 0 amide bonds. The Hall–Kier alpha value is -0.610. The van der Waals surface area contributed by atoms with E-state index in [9.17, 15) is 4.79 Å². The Morgan fingerprint density at radius 2 is 1.83 bits per heavy atom. The molecule has 1 unspecified atom stereocenters. The summed E-state index contributed by atoms with van der Waals surface area (Å²) in [5.74, 6) is 0.469. The van der Waals surface area contributed by atoms with Gasteiger partial charge in [-0.15, -0.1) is 0 Å². The monoisotopic (exact) mass is 259 g/mol. The molecule has 0 heterocycles. The van der Waals surface area contributed by atoms with Gasteiger partial charge >= 0.3 is 5.97 Å². The maximum absolute atomic E-state index is 10.4. The van der Waals surface area contributed by atoms with Gasteiger partial charge in [0.25, 0.3) is 0 Å². The summed E-state index contributed by atoms with van der Waals surface area (Å²) in [4.78, 5) is 10.4. The van der Waals surface area contributed by atoms with Gasteiger partial charge in [-0.2, -0.15) is 0 Å². The zero-order valence-corrected chi connectivity index (χ0v) is 12.1. The van der Waals surface area contributed by atoms with Crippen LogP contribution in [0.5, 0.6) is 0 Å². The van der Waals surface area contributed by atoms with Crippen LogP contribution in [0.25, 0.3) is 0 Å². The standard InChI is InChI=1S/C14H29NO3/c1-12(2)7-10-18-11-9-15-8-6-13(3)4-5-14(16)17/h12-13,15H,4-11H2,1-3H3,(H,16,17). The molecule has 0 aromatic carbocycles. The van der Waals surface area contributed by atoms with E-state index in [-0.39, 0.29) is 6.42 Å². The van der Waals surface area contributed by atoms with Gasteiger partial charge in [0.1, 0.15) is 0 Å². The predicted octanol–water partition coefficient (Wildman–Crippen LogP) is 2.53. The third kappa shape index (κ3) is 13.5. The smallest absolute Gasteiger partial charge is 0.303 e. The average Bonchev–Trinajstić information content (AvgIpc) is 2.29. The summed E-state index contributed by atoms with van der Waals surface area (Å²) in [5, 5.41) is 11.9. The SMILES string of the molecule is CC(C)CCOCCNCCC(C)CCC(=O)O. The van der Waals surface area contributed by atoms with Crippen LogP contribution in [0.2, 0.25) is 0 Å². The molecule has 108 valence electrons. The Morgan fingerprint density at radius 1 is 1.11 bits per heavy atom. The second kappa shape index (κ2) is 11.5. The van der Waals surface area contributed by atoms with E-state index in [1.165, 1.54) is 0 Å². The molecule has 0 saturated heterocycles. The number of hydrogen-bond acceptors (Lipinski definition) is 3. The Bertz CT molecular complexity index is 207. The normalized spacial score (nSPS) is 12.9. The number of ether oxygens (including phenoxy) is 1. The van der Waals surface area contributed by atoms with Gasteiger partial charge in [-0.05, 0) is 37.6 Å². The molecule has 0 aliphatic rings. The van der Waals surface area contributed by atoms with Crippen molar-refractivity contribution in [2.75, 3.05) is 26.3 Å². The van der Waals surface area contributed by atoms with Crippen LogP contribution in [0.3, 0.4) is 0 Å². The maximum Gasteiger partial charge on any atom is 0.303 e. The lowest BCUT2D eigenvalue weighted by molar-refractivity contribution is -0.137. The molecule has 1 atom stereocenters. The van der Waals surface area contributed by atoms with Crippen LogP contribution in [-0.2, 0) is 9.53 Å². The van der Waals surface area contributed by atoms with E-state index in [4.69, 9.17) is 9.84 Å². The number of aliphatic carboxylic acids is 1. The van der Waals surface area contributed by atoms with Gasteiger partial charge in [0, 0.05) is 19.6 Å². The molecule has 2 N–H and O–H groups in total. The summed E-state index contributed by atoms with van der Waals surface area (Å²) in [6.07, 6.45) is 3.19. The zero-order valence-electron chi connectivity index (χ0n) is 12.1. The summed E-state index contributed by atoms with van der Waals surface area (Å²) in [7, 11) is 0. The Kier molecular flexibility index (Phi) is 11.1. The van der Waals surface area contributed by atoms with E-state index in [0.717, 1.165) is 45.6 Å². The van der Waals surface area contributed by atoms with Crippen molar-refractivity contribution in [1.29, 1.82) is 0 Å². The molecule has 4 nitrogen and oxygen atoms in total. The third-order valence-electron chi connectivity index (χ3n) is 2.93. The molecule has 0 saturated carbocycles. The van der Waals surface area contributed by atoms with E-state index in [2.05, 4.69) is 26.1 Å². The summed E-state index contributed by atoms with van der Waals surface area (Å²) in [5.41, 5.74) is 0. The average molecular weight is 259 g/mol. The van der Waals surface area contributed by atoms with Crippen LogP contribution in [0, 0.1) is 11.8 Å². The van der Waals surface area contributed by atoms with Gasteiger partial charge in [-0.1, -0.05) is 20.8 Å². The highest BCUT2D eigenvalue weighted by molar-refractivity contribution is 5.66. The minimum Gasteiger partial charge on any atom is -0.481 e. The number of rotatable bonds is 12. The van der Waals surface area contributed by atoms with Gasteiger partial charge < -0.3 is 15.2 Å². The predicted molar refractivity (Wildman–Crippen MR) is 73.8 cm³/mol. The highest BCUT2D eigenvalue weighted by Crippen LogP contribution is 2.08. The molecule has 0 aromatic rings. The molecule has 4 heteroatoms. The second-order valence-corrected chi connectivity index (χ2v) is 5.37. The number of carboxylic acid groups (broad SMARTS) is 1. The fraction of sp³-hybridized carbons (Fsp3) is 0.929. The van der Waals surface area contributed by atoms with Crippen LogP contribution in [0.15, 0.2) is 0 Å². The highest BCUT2D eigenvalue weighted by atomic mass is 16.5. The molecule has 0 bridgehead atoms. The summed E-state index contributed by atoms with van der Waals surface area (Å²) in [6.45, 7) is 9.91. The molecule has 0 aromatic heterocycles. The van der Waals surface area contributed by atoms with Crippen LogP contribution >= 0.6 is 0 Å². The minimum absolute atomic E-state index is 0.277. The maximum atomic E-state index is 10.4. The topological polar surface area (TPSA) is 58.6 Å². The lowest BCUT2D eigenvalue weighted by atomic mass is 10.0. The second-order valence-electron chi connectivity index (χ2n) is 5.37. The number of nitrogens with one attached hydrogen (secondary N) is 1. The van der Waals surface area contributed by atoms with E-state index >= 15 is 0 Å². The summed E-state index contributed by atoms with van der Waals surface area (Å²) >= 11 is 0. The van der Waals surface area contributed by atoms with Crippen LogP contribution < -0.4 is 5.32 Å². The first-order chi connectivity index (χ1) is 8.52. The minimum atomic E-state index is -0.701. The van der Waals surface area contributed by atoms with Gasteiger partial charge in [0.15, 0.2) is 0 Å². The Morgan fingerprint density at radius 3 is 2.44 bits per heavy atom. The number of carboxylic acids is 1. The fourth-order valence-corrected chi connectivity index (χ4v) is 1.55. The first-order valence-electron chi connectivity index (χ1n) is 7.02. The molecular weight excluding hydrogens is 230 g/mol. The molecular formula is C14H29NO3. The van der Waals surface area contributed by atoms with Gasteiger partial charge in [-0.25, -0.2) is 0 Å². The van der Waals surface area contributed by atoms with Crippen molar-refractivity contribution in [2.24, 2.45) is 11.8 Å². The van der Waals surface area contributed by atoms with Crippen molar-refractivity contribution in [1.82, 2.24) is 5.32 Å². The van der Waals surface area contributed by atoms with Crippen molar-refractivity contribution in [3.8, 4) is 0 Å². The molecule has 0 radical (unpaired) electrons. The summed E-state index contributed by atoms with van der Waals surface area (Å²) < 4.78 is 5.49. The molecule has 0 fully saturated rings. The Labute approximate surface area is 111 Å². The molecule has 18 heavy (non-hydrogen) atoms. The van der Waals surface area contributed by atoms with Gasteiger partial charge in [-0.3, -0.25) is 4.79 Å². The van der Waals surface area contributed by atoms with Crippen molar-refractivity contribution in [2.45, 2.75) is 46.5 Å². The third-order valence-corrected chi connectivity index (χ3v) is 2.93. The largest absolute Gasteiger partial charge is 0.481 e. The van der Waals surface area contributed by atoms with Crippen LogP contribution in [0.4, 0.5) is 0 Å². The van der Waals surface area contributed by atoms with Crippen molar-refractivity contribution in [3.63, 3.8) is 0 Å². The lowest BCUT2D eigenvalue weighted by Crippen LogP contribution is -2.22. The van der Waals surface area contributed by atoms with Crippen LogP contribution in [-0.4, -0.2) is 37.4 Å². The van der Waals surface area contributed by atoms with E-state index in [0.29, 0.717) is 11.8 Å². The number of carbonyl (C=O) groups is 1. The van der Waals surface area contributed by atoms with Crippen LogP contribution in [0.1, 0.15) is 46.5 Å². The van der Waals surface area contributed by atoms with Crippen molar-refractivity contribution >= 4 is 5.97 Å². The van der Waals surface area contributed by atoms with E-state index in [1.54, 1.807) is 0 Å². The van der Waals surface area contributed by atoms with Crippen molar-refractivity contribution in [3.05, 3.63) is 0 Å². The molecule has 0 aliphatic carbocycles. The van der Waals surface area contributed by atoms with Crippen molar-refractivity contribution < 1.29 is 14.6 Å². The molecule has 0 aliphatic heterocycles. The molecule has 0 spiro atoms. The van der Waals surface area contributed by atoms with Gasteiger partial charge in [0.2, 0.25) is 0 Å². The quantitative estimate of drug-likeness (QED) is 0.529. The first kappa shape index (κ1) is 17.4. The van der Waals surface area contributed by atoms with E-state index < -0.39 is 5.97 Å². The lowest BCUT2D eigenvalue weighted by Gasteiger charge is -2.11. The first-order valence-corrected chi connectivity index (χ1v) is 7.02. The van der Waals surface area contributed by atoms with E-state index in [1.807, 2.05) is 0 Å². The van der Waals surface area contributed by atoms with Gasteiger partial charge in [0.05, 0.1) is 6.61 Å². The fourth-order valence-electron chi connectivity index (χ4n) is 1.55. The highest BCUT2D eigenvalue weighted by Gasteiger charge is 2.04. The number of hydrogen-bond donors (Lipinski definition) is 2. The Balaban J connectivity index is 3.17. The zero-order chi connectivity index (χ0) is 13.8.